The third kappa shape index (κ3) is 6.01. The Hall–Kier alpha value is -3.48. The lowest BCUT2D eigenvalue weighted by Gasteiger charge is -2.10. The van der Waals surface area contributed by atoms with Crippen LogP contribution in [0.1, 0.15) is 12.5 Å². The fourth-order valence-electron chi connectivity index (χ4n) is 2.56. The summed E-state index contributed by atoms with van der Waals surface area (Å²) in [5, 5.41) is 10.2. The fraction of sp³-hybridized carbons (Fsp3) is 0.143. The summed E-state index contributed by atoms with van der Waals surface area (Å²) in [5.74, 6) is 5.93. The number of ether oxygens (including phenoxy) is 1. The van der Waals surface area contributed by atoms with E-state index >= 15 is 0 Å². The zero-order chi connectivity index (χ0) is 21.6. The van der Waals surface area contributed by atoms with Crippen LogP contribution in [0, 0.1) is 17.7 Å². The van der Waals surface area contributed by atoms with E-state index in [9.17, 15) is 8.60 Å². The molecule has 0 spiro atoms. The average Bonchev–Trinajstić information content (AvgIpc) is 2.67. The zero-order valence-corrected chi connectivity index (χ0v) is 17.2. The first-order valence-electron chi connectivity index (χ1n) is 8.84. The van der Waals surface area contributed by atoms with Crippen molar-refractivity contribution in [2.75, 3.05) is 18.2 Å². The third-order valence-corrected chi connectivity index (χ3v) is 4.49. The van der Waals surface area contributed by atoms with Gasteiger partial charge in [0.25, 0.3) is 0 Å². The molecule has 2 aromatic carbocycles. The van der Waals surface area contributed by atoms with Gasteiger partial charge in [-0.2, -0.15) is 4.98 Å². The summed E-state index contributed by atoms with van der Waals surface area (Å²) in [6.45, 7) is 1.81. The molecule has 0 amide bonds. The monoisotopic (exact) mass is 425 g/mol. The maximum absolute atomic E-state index is 13.7. The minimum atomic E-state index is -2.53. The molecule has 1 atom stereocenters. The van der Waals surface area contributed by atoms with Gasteiger partial charge in [0.2, 0.25) is 5.95 Å². The van der Waals surface area contributed by atoms with Crippen LogP contribution >= 0.6 is 0 Å². The first-order chi connectivity index (χ1) is 14.3. The molecule has 0 fully saturated rings. The van der Waals surface area contributed by atoms with E-state index in [4.69, 9.17) is 9.88 Å². The maximum atomic E-state index is 13.7. The summed E-state index contributed by atoms with van der Waals surface area (Å²) in [4.78, 5) is 12.7. The Bertz CT molecular complexity index is 1240. The SMILES string of the molecule is CC#CCOc1cc(F)ccc1-c1ncnc(Nc2cccc(C=S(C)(N)=O)c2)n1. The van der Waals surface area contributed by atoms with Crippen LogP contribution in [0.5, 0.6) is 5.75 Å². The van der Waals surface area contributed by atoms with E-state index < -0.39 is 15.5 Å². The number of nitrogens with one attached hydrogen (secondary N) is 1. The Morgan fingerprint density at radius 2 is 2.10 bits per heavy atom. The predicted octanol–water partition coefficient (Wildman–Crippen LogP) is 2.76. The maximum Gasteiger partial charge on any atom is 0.230 e. The van der Waals surface area contributed by atoms with Gasteiger partial charge in [-0.3, -0.25) is 9.35 Å². The summed E-state index contributed by atoms with van der Waals surface area (Å²) >= 11 is 0. The van der Waals surface area contributed by atoms with Crippen LogP contribution < -0.4 is 15.2 Å². The number of nitrogens with two attached hydrogens (primary N) is 1. The van der Waals surface area contributed by atoms with Gasteiger partial charge in [0.1, 0.15) is 24.5 Å². The van der Waals surface area contributed by atoms with Crippen molar-refractivity contribution in [1.82, 2.24) is 15.0 Å². The number of hydrogen-bond acceptors (Lipinski definition) is 6. The average molecular weight is 425 g/mol. The number of anilines is 2. The molecule has 154 valence electrons. The second-order valence-electron chi connectivity index (χ2n) is 6.32. The molecule has 3 N–H and O–H groups in total. The summed E-state index contributed by atoms with van der Waals surface area (Å²) in [7, 11) is -2.53. The predicted molar refractivity (Wildman–Crippen MR) is 117 cm³/mol. The van der Waals surface area contributed by atoms with Crippen molar-refractivity contribution in [2.24, 2.45) is 5.14 Å². The van der Waals surface area contributed by atoms with Crippen LogP contribution in [-0.2, 0) is 9.71 Å². The normalized spacial score (nSPS) is 12.3. The van der Waals surface area contributed by atoms with Crippen LogP contribution in [0.3, 0.4) is 0 Å². The Balaban J connectivity index is 1.90. The van der Waals surface area contributed by atoms with Crippen molar-refractivity contribution in [3.63, 3.8) is 0 Å². The number of nitrogens with zero attached hydrogens (tertiary/aromatic N) is 3. The van der Waals surface area contributed by atoms with Gasteiger partial charge in [-0.05, 0) is 36.8 Å². The Kier molecular flexibility index (Phi) is 6.61. The first-order valence-corrected chi connectivity index (χ1v) is 10.9. The zero-order valence-electron chi connectivity index (χ0n) is 16.4. The molecule has 7 nitrogen and oxygen atoms in total. The number of rotatable bonds is 6. The minimum Gasteiger partial charge on any atom is -0.480 e. The molecule has 0 aliphatic rings. The highest BCUT2D eigenvalue weighted by molar-refractivity contribution is 7.98. The molecular formula is C21H20FN5O2S. The van der Waals surface area contributed by atoms with Gasteiger partial charge < -0.3 is 10.1 Å². The number of aromatic nitrogens is 3. The quantitative estimate of drug-likeness (QED) is 0.465. The van der Waals surface area contributed by atoms with Gasteiger partial charge in [0.15, 0.2) is 5.82 Å². The lowest BCUT2D eigenvalue weighted by atomic mass is 10.2. The lowest BCUT2D eigenvalue weighted by molar-refractivity contribution is 0.369. The van der Waals surface area contributed by atoms with Crippen LogP contribution in [0.25, 0.3) is 11.4 Å². The molecule has 0 radical (unpaired) electrons. The third-order valence-electron chi connectivity index (χ3n) is 3.75. The molecule has 0 bridgehead atoms. The van der Waals surface area contributed by atoms with Gasteiger partial charge in [0.05, 0.1) is 5.56 Å². The van der Waals surface area contributed by atoms with Crippen molar-refractivity contribution >= 4 is 26.7 Å². The van der Waals surface area contributed by atoms with Crippen LogP contribution in [0.2, 0.25) is 0 Å². The highest BCUT2D eigenvalue weighted by Crippen LogP contribution is 2.29. The first kappa shape index (κ1) is 21.2. The standard InChI is InChI=1S/C21H20FN5O2S/c1-3-4-10-29-19-12-16(22)8-9-18(19)20-24-14-25-21(27-20)26-17-7-5-6-15(11-17)13-30(2,23)28/h5-9,11-14H,10H2,1-2H3,(H2,23,28)(H,24,25,26,27). The highest BCUT2D eigenvalue weighted by Gasteiger charge is 2.12. The van der Waals surface area contributed by atoms with E-state index in [-0.39, 0.29) is 18.3 Å². The Morgan fingerprint density at radius 3 is 2.87 bits per heavy atom. The largest absolute Gasteiger partial charge is 0.480 e. The molecule has 1 heterocycles. The van der Waals surface area contributed by atoms with Crippen LogP contribution in [-0.4, -0.2) is 37.4 Å². The van der Waals surface area contributed by atoms with Crippen molar-refractivity contribution in [1.29, 1.82) is 0 Å². The van der Waals surface area contributed by atoms with E-state index in [0.29, 0.717) is 22.6 Å². The van der Waals surface area contributed by atoms with Gasteiger partial charge >= 0.3 is 0 Å². The van der Waals surface area contributed by atoms with Crippen molar-refractivity contribution < 1.29 is 13.3 Å². The molecule has 0 aliphatic heterocycles. The highest BCUT2D eigenvalue weighted by atomic mass is 32.2. The van der Waals surface area contributed by atoms with Gasteiger partial charge in [-0.15, -0.1) is 5.92 Å². The lowest BCUT2D eigenvalue weighted by Crippen LogP contribution is -2.13. The fourth-order valence-corrected chi connectivity index (χ4v) is 3.25. The molecule has 3 rings (SSSR count). The summed E-state index contributed by atoms with van der Waals surface area (Å²) in [6, 6.07) is 11.3. The second kappa shape index (κ2) is 9.35. The van der Waals surface area contributed by atoms with Crippen molar-refractivity contribution in [3.05, 3.63) is 60.2 Å². The van der Waals surface area contributed by atoms with Gasteiger partial charge in [-0.1, -0.05) is 18.1 Å². The van der Waals surface area contributed by atoms with Gasteiger partial charge in [-0.25, -0.2) is 14.4 Å². The Labute approximate surface area is 174 Å². The summed E-state index contributed by atoms with van der Waals surface area (Å²) in [6.07, 6.45) is 2.80. The summed E-state index contributed by atoms with van der Waals surface area (Å²) in [5.41, 5.74) is 1.89. The molecule has 9 heteroatoms. The number of hydrogen-bond donors (Lipinski definition) is 2. The molecule has 1 unspecified atom stereocenters. The number of benzene rings is 2. The summed E-state index contributed by atoms with van der Waals surface area (Å²) < 4.78 is 31.0. The molecule has 3 aromatic rings. The van der Waals surface area contributed by atoms with E-state index in [0.717, 1.165) is 0 Å². The van der Waals surface area contributed by atoms with Crippen molar-refractivity contribution in [3.8, 4) is 29.0 Å². The smallest absolute Gasteiger partial charge is 0.230 e. The van der Waals surface area contributed by atoms with E-state index in [1.54, 1.807) is 25.1 Å². The second-order valence-corrected chi connectivity index (χ2v) is 8.49. The van der Waals surface area contributed by atoms with E-state index in [2.05, 4.69) is 32.1 Å². The molecule has 1 aromatic heterocycles. The van der Waals surface area contributed by atoms with E-state index in [1.807, 2.05) is 6.07 Å². The van der Waals surface area contributed by atoms with Crippen LogP contribution in [0.4, 0.5) is 16.0 Å². The van der Waals surface area contributed by atoms with Crippen molar-refractivity contribution in [2.45, 2.75) is 6.92 Å². The topological polar surface area (TPSA) is 103 Å². The molecule has 0 saturated carbocycles. The number of halogens is 1. The van der Waals surface area contributed by atoms with E-state index in [1.165, 1.54) is 36.1 Å². The minimum absolute atomic E-state index is 0.119. The molecule has 0 aliphatic carbocycles. The molecule has 0 saturated heterocycles. The van der Waals surface area contributed by atoms with Gasteiger partial charge in [0, 0.05) is 33.1 Å². The molecule has 30 heavy (non-hydrogen) atoms. The molecular weight excluding hydrogens is 405 g/mol. The Morgan fingerprint density at radius 1 is 1.27 bits per heavy atom. The van der Waals surface area contributed by atoms with Crippen LogP contribution in [0.15, 0.2) is 48.8 Å².